The van der Waals surface area contributed by atoms with Gasteiger partial charge in [-0.2, -0.15) is 0 Å². The molecule has 0 aliphatic carbocycles. The normalized spacial score (nSPS) is 20.5. The predicted octanol–water partition coefficient (Wildman–Crippen LogP) is 2.87. The first kappa shape index (κ1) is 17.3. The lowest BCUT2D eigenvalue weighted by Crippen LogP contribution is -2.28. The van der Waals surface area contributed by atoms with E-state index in [0.717, 1.165) is 43.9 Å². The van der Waals surface area contributed by atoms with Crippen molar-refractivity contribution in [3.05, 3.63) is 29.8 Å². The molecular weight excluding hydrogens is 278 g/mol. The van der Waals surface area contributed by atoms with Crippen molar-refractivity contribution >= 4 is 0 Å². The Bertz CT molecular complexity index is 450. The Hall–Kier alpha value is -1.10. The minimum Gasteiger partial charge on any atom is -0.497 e. The van der Waals surface area contributed by atoms with E-state index in [1.165, 1.54) is 0 Å². The highest BCUT2D eigenvalue weighted by molar-refractivity contribution is 5.29. The highest BCUT2D eigenvalue weighted by Gasteiger charge is 2.25. The van der Waals surface area contributed by atoms with Gasteiger partial charge in [-0.3, -0.25) is 4.90 Å². The SMILES string of the molecule is COc1cccc(C(O)CN2CCC(OCCC(C)C)C2)c1. The summed E-state index contributed by atoms with van der Waals surface area (Å²) in [5.74, 6) is 1.47. The van der Waals surface area contributed by atoms with Crippen LogP contribution in [0.3, 0.4) is 0 Å². The summed E-state index contributed by atoms with van der Waals surface area (Å²) in [6.07, 6.45) is 2.01. The molecule has 1 N–H and O–H groups in total. The maximum Gasteiger partial charge on any atom is 0.119 e. The molecule has 1 aliphatic heterocycles. The van der Waals surface area contributed by atoms with Gasteiger partial charge in [-0.1, -0.05) is 26.0 Å². The van der Waals surface area contributed by atoms with Crippen molar-refractivity contribution in [3.63, 3.8) is 0 Å². The van der Waals surface area contributed by atoms with Gasteiger partial charge in [0.05, 0.1) is 19.3 Å². The second-order valence-corrected chi connectivity index (χ2v) is 6.52. The first-order valence-electron chi connectivity index (χ1n) is 8.24. The summed E-state index contributed by atoms with van der Waals surface area (Å²) < 4.78 is 11.1. The van der Waals surface area contributed by atoms with Gasteiger partial charge in [-0.05, 0) is 36.5 Å². The van der Waals surface area contributed by atoms with Crippen LogP contribution in [0.2, 0.25) is 0 Å². The highest BCUT2D eigenvalue weighted by atomic mass is 16.5. The summed E-state index contributed by atoms with van der Waals surface area (Å²) in [5, 5.41) is 10.4. The van der Waals surface area contributed by atoms with Gasteiger partial charge in [0.25, 0.3) is 0 Å². The number of ether oxygens (including phenoxy) is 2. The molecule has 2 rings (SSSR count). The average Bonchev–Trinajstić information content (AvgIpc) is 2.94. The smallest absolute Gasteiger partial charge is 0.119 e. The fraction of sp³-hybridized carbons (Fsp3) is 0.667. The molecule has 124 valence electrons. The number of methoxy groups -OCH3 is 1. The number of hydrogen-bond acceptors (Lipinski definition) is 4. The summed E-state index contributed by atoms with van der Waals surface area (Å²) in [4.78, 5) is 2.28. The summed E-state index contributed by atoms with van der Waals surface area (Å²) in [7, 11) is 1.64. The van der Waals surface area contributed by atoms with Crippen molar-refractivity contribution in [1.82, 2.24) is 4.90 Å². The summed E-state index contributed by atoms with van der Waals surface area (Å²) in [6.45, 7) is 7.84. The Morgan fingerprint density at radius 3 is 2.91 bits per heavy atom. The third kappa shape index (κ3) is 5.27. The zero-order chi connectivity index (χ0) is 15.9. The van der Waals surface area contributed by atoms with Gasteiger partial charge < -0.3 is 14.6 Å². The minimum absolute atomic E-state index is 0.316. The predicted molar refractivity (Wildman–Crippen MR) is 88.2 cm³/mol. The molecule has 0 amide bonds. The van der Waals surface area contributed by atoms with E-state index in [-0.39, 0.29) is 0 Å². The molecule has 4 nitrogen and oxygen atoms in total. The fourth-order valence-electron chi connectivity index (χ4n) is 2.77. The molecule has 1 saturated heterocycles. The van der Waals surface area contributed by atoms with Gasteiger partial charge >= 0.3 is 0 Å². The lowest BCUT2D eigenvalue weighted by molar-refractivity contribution is 0.0469. The quantitative estimate of drug-likeness (QED) is 0.802. The van der Waals surface area contributed by atoms with E-state index in [2.05, 4.69) is 18.7 Å². The lowest BCUT2D eigenvalue weighted by atomic mass is 10.1. The largest absolute Gasteiger partial charge is 0.497 e. The van der Waals surface area contributed by atoms with Gasteiger partial charge in [0.1, 0.15) is 5.75 Å². The van der Waals surface area contributed by atoms with Crippen LogP contribution in [0.15, 0.2) is 24.3 Å². The number of benzene rings is 1. The third-order valence-corrected chi connectivity index (χ3v) is 4.19. The monoisotopic (exact) mass is 307 g/mol. The standard InChI is InChI=1S/C18H29NO3/c1-14(2)8-10-22-17-7-9-19(12-17)13-18(20)15-5-4-6-16(11-15)21-3/h4-6,11,14,17-18,20H,7-10,12-13H2,1-3H3. The molecule has 22 heavy (non-hydrogen) atoms. The number of aliphatic hydroxyl groups excluding tert-OH is 1. The van der Waals surface area contributed by atoms with E-state index in [0.29, 0.717) is 18.6 Å². The Morgan fingerprint density at radius 1 is 1.36 bits per heavy atom. The van der Waals surface area contributed by atoms with Crippen LogP contribution in [0, 0.1) is 5.92 Å². The van der Waals surface area contributed by atoms with Crippen LogP contribution in [-0.2, 0) is 4.74 Å². The van der Waals surface area contributed by atoms with Crippen LogP contribution in [0.4, 0.5) is 0 Å². The molecular formula is C18H29NO3. The molecule has 1 aliphatic rings. The zero-order valence-corrected chi connectivity index (χ0v) is 14.0. The molecule has 4 heteroatoms. The molecule has 1 heterocycles. The van der Waals surface area contributed by atoms with E-state index in [1.54, 1.807) is 7.11 Å². The first-order chi connectivity index (χ1) is 10.6. The minimum atomic E-state index is -0.482. The fourth-order valence-corrected chi connectivity index (χ4v) is 2.77. The Balaban J connectivity index is 1.76. The third-order valence-electron chi connectivity index (χ3n) is 4.19. The van der Waals surface area contributed by atoms with Gasteiger partial charge in [0.2, 0.25) is 0 Å². The van der Waals surface area contributed by atoms with Crippen molar-refractivity contribution in [3.8, 4) is 5.75 Å². The molecule has 0 saturated carbocycles. The molecule has 0 aromatic heterocycles. The highest BCUT2D eigenvalue weighted by Crippen LogP contribution is 2.22. The maximum atomic E-state index is 10.4. The summed E-state index contributed by atoms with van der Waals surface area (Å²) in [6, 6.07) is 7.65. The van der Waals surface area contributed by atoms with Crippen molar-refractivity contribution < 1.29 is 14.6 Å². The number of aliphatic hydroxyl groups is 1. The second-order valence-electron chi connectivity index (χ2n) is 6.52. The van der Waals surface area contributed by atoms with Crippen molar-refractivity contribution in [2.75, 3.05) is 33.4 Å². The Kier molecular flexibility index (Phi) is 6.68. The average molecular weight is 307 g/mol. The van der Waals surface area contributed by atoms with E-state index < -0.39 is 6.10 Å². The number of nitrogens with zero attached hydrogens (tertiary/aromatic N) is 1. The first-order valence-corrected chi connectivity index (χ1v) is 8.24. The molecule has 0 radical (unpaired) electrons. The van der Waals surface area contributed by atoms with Gasteiger partial charge in [-0.25, -0.2) is 0 Å². The molecule has 1 aromatic carbocycles. The number of likely N-dealkylation sites (tertiary alicyclic amines) is 1. The Labute approximate surface area is 134 Å². The molecule has 2 unspecified atom stereocenters. The second kappa shape index (κ2) is 8.51. The summed E-state index contributed by atoms with van der Waals surface area (Å²) in [5.41, 5.74) is 0.906. The van der Waals surface area contributed by atoms with Crippen LogP contribution in [0.1, 0.15) is 38.4 Å². The van der Waals surface area contributed by atoms with Gasteiger partial charge in [0, 0.05) is 26.2 Å². The van der Waals surface area contributed by atoms with Crippen molar-refractivity contribution in [2.45, 2.75) is 38.9 Å². The van der Waals surface area contributed by atoms with Gasteiger partial charge in [0.15, 0.2) is 0 Å². The van der Waals surface area contributed by atoms with E-state index in [4.69, 9.17) is 9.47 Å². The Morgan fingerprint density at radius 2 is 2.18 bits per heavy atom. The van der Waals surface area contributed by atoms with Crippen molar-refractivity contribution in [1.29, 1.82) is 0 Å². The van der Waals surface area contributed by atoms with Crippen LogP contribution >= 0.6 is 0 Å². The molecule has 2 atom stereocenters. The van der Waals surface area contributed by atoms with Crippen LogP contribution < -0.4 is 4.74 Å². The molecule has 0 bridgehead atoms. The van der Waals surface area contributed by atoms with E-state index in [9.17, 15) is 5.11 Å². The van der Waals surface area contributed by atoms with Crippen LogP contribution in [0.25, 0.3) is 0 Å². The van der Waals surface area contributed by atoms with Crippen LogP contribution in [-0.4, -0.2) is 49.5 Å². The number of hydrogen-bond donors (Lipinski definition) is 1. The number of rotatable bonds is 8. The van der Waals surface area contributed by atoms with Crippen molar-refractivity contribution in [2.24, 2.45) is 5.92 Å². The van der Waals surface area contributed by atoms with E-state index >= 15 is 0 Å². The molecule has 1 fully saturated rings. The molecule has 1 aromatic rings. The topological polar surface area (TPSA) is 41.9 Å². The number of β-amino-alcohol motifs (C(OH)–C–C–N with tert-alkyl or cyclic N) is 1. The summed E-state index contributed by atoms with van der Waals surface area (Å²) >= 11 is 0. The van der Waals surface area contributed by atoms with Crippen LogP contribution in [0.5, 0.6) is 5.75 Å². The van der Waals surface area contributed by atoms with E-state index in [1.807, 2.05) is 24.3 Å². The zero-order valence-electron chi connectivity index (χ0n) is 14.0. The lowest BCUT2D eigenvalue weighted by Gasteiger charge is -2.20. The maximum absolute atomic E-state index is 10.4. The van der Waals surface area contributed by atoms with Gasteiger partial charge in [-0.15, -0.1) is 0 Å². The molecule has 0 spiro atoms.